The molecule has 0 saturated carbocycles. The molecule has 0 saturated heterocycles. The predicted octanol–water partition coefficient (Wildman–Crippen LogP) is 3.56. The van der Waals surface area contributed by atoms with Crippen LogP contribution in [-0.4, -0.2) is 14.3 Å². The van der Waals surface area contributed by atoms with Crippen LogP contribution in [0, 0.1) is 5.82 Å². The van der Waals surface area contributed by atoms with Crippen molar-refractivity contribution < 1.29 is 17.6 Å². The highest BCUT2D eigenvalue weighted by Gasteiger charge is 2.17. The Morgan fingerprint density at radius 3 is 2.15 bits per heavy atom. The molecule has 0 heterocycles. The number of rotatable bonds is 6. The van der Waals surface area contributed by atoms with E-state index in [9.17, 15) is 17.6 Å². The summed E-state index contributed by atoms with van der Waals surface area (Å²) in [5.74, 6) is -1.31. The van der Waals surface area contributed by atoms with E-state index >= 15 is 0 Å². The molecule has 0 aliphatic heterocycles. The fourth-order valence-corrected chi connectivity index (χ4v) is 3.44. The molecule has 0 aliphatic rings. The topological polar surface area (TPSA) is 75.3 Å². The molecule has 0 bridgehead atoms. The second kappa shape index (κ2) is 8.11. The SMILES string of the molecule is O=C(Nc1ccc(S(=O)(=O)NCc2ccccc2)cc1F)c1ccccc1. The molecular weight excluding hydrogens is 367 g/mol. The van der Waals surface area contributed by atoms with Gasteiger partial charge in [-0.3, -0.25) is 4.79 Å². The van der Waals surface area contributed by atoms with Crippen molar-refractivity contribution in [3.63, 3.8) is 0 Å². The summed E-state index contributed by atoms with van der Waals surface area (Å²) in [6.07, 6.45) is 0. The van der Waals surface area contributed by atoms with Crippen LogP contribution in [0.4, 0.5) is 10.1 Å². The van der Waals surface area contributed by atoms with Gasteiger partial charge in [-0.1, -0.05) is 48.5 Å². The lowest BCUT2D eigenvalue weighted by molar-refractivity contribution is 0.102. The molecule has 3 rings (SSSR count). The van der Waals surface area contributed by atoms with Gasteiger partial charge in [0, 0.05) is 12.1 Å². The average Bonchev–Trinajstić information content (AvgIpc) is 2.69. The Balaban J connectivity index is 1.72. The van der Waals surface area contributed by atoms with Gasteiger partial charge in [-0.15, -0.1) is 0 Å². The van der Waals surface area contributed by atoms with Gasteiger partial charge in [0.05, 0.1) is 10.6 Å². The van der Waals surface area contributed by atoms with Gasteiger partial charge in [-0.05, 0) is 35.9 Å². The number of benzene rings is 3. The molecule has 0 fully saturated rings. The molecule has 138 valence electrons. The number of carbonyl (C=O) groups is 1. The third-order valence-electron chi connectivity index (χ3n) is 3.84. The van der Waals surface area contributed by atoms with Gasteiger partial charge in [-0.2, -0.15) is 0 Å². The fraction of sp³-hybridized carbons (Fsp3) is 0.0500. The van der Waals surface area contributed by atoms with Crippen LogP contribution < -0.4 is 10.0 Å². The van der Waals surface area contributed by atoms with Gasteiger partial charge in [0.15, 0.2) is 0 Å². The molecule has 5 nitrogen and oxygen atoms in total. The lowest BCUT2D eigenvalue weighted by atomic mass is 10.2. The smallest absolute Gasteiger partial charge is 0.255 e. The van der Waals surface area contributed by atoms with Crippen LogP contribution in [-0.2, 0) is 16.6 Å². The van der Waals surface area contributed by atoms with Crippen molar-refractivity contribution in [2.45, 2.75) is 11.4 Å². The molecule has 1 amide bonds. The molecule has 0 spiro atoms. The fourth-order valence-electron chi connectivity index (χ4n) is 2.41. The number of amides is 1. The zero-order chi connectivity index (χ0) is 19.3. The van der Waals surface area contributed by atoms with Crippen molar-refractivity contribution in [2.24, 2.45) is 0 Å². The Morgan fingerprint density at radius 1 is 0.889 bits per heavy atom. The maximum Gasteiger partial charge on any atom is 0.255 e. The second-order valence-electron chi connectivity index (χ2n) is 5.77. The largest absolute Gasteiger partial charge is 0.319 e. The molecule has 0 aromatic heterocycles. The van der Waals surface area contributed by atoms with E-state index in [0.29, 0.717) is 5.56 Å². The predicted molar refractivity (Wildman–Crippen MR) is 101 cm³/mol. The Bertz CT molecular complexity index is 1040. The molecule has 3 aromatic rings. The normalized spacial score (nSPS) is 11.1. The summed E-state index contributed by atoms with van der Waals surface area (Å²) in [5, 5.41) is 2.43. The van der Waals surface area contributed by atoms with E-state index in [-0.39, 0.29) is 17.1 Å². The van der Waals surface area contributed by atoms with Gasteiger partial charge in [-0.25, -0.2) is 17.5 Å². The van der Waals surface area contributed by atoms with Gasteiger partial charge >= 0.3 is 0 Å². The number of halogens is 1. The number of anilines is 1. The lowest BCUT2D eigenvalue weighted by Gasteiger charge is -2.10. The van der Waals surface area contributed by atoms with E-state index in [0.717, 1.165) is 11.6 Å². The molecule has 0 radical (unpaired) electrons. The number of carbonyl (C=O) groups excluding carboxylic acids is 1. The van der Waals surface area contributed by atoms with E-state index in [2.05, 4.69) is 10.0 Å². The summed E-state index contributed by atoms with van der Waals surface area (Å²) >= 11 is 0. The maximum atomic E-state index is 14.3. The van der Waals surface area contributed by atoms with Crippen LogP contribution in [0.1, 0.15) is 15.9 Å². The Labute approximate surface area is 156 Å². The highest BCUT2D eigenvalue weighted by molar-refractivity contribution is 7.89. The van der Waals surface area contributed by atoms with Gasteiger partial charge in [0.1, 0.15) is 5.82 Å². The Hall–Kier alpha value is -3.03. The number of hydrogen-bond acceptors (Lipinski definition) is 3. The Morgan fingerprint density at radius 2 is 1.52 bits per heavy atom. The standard InChI is InChI=1S/C20H17FN2O3S/c21-18-13-17(27(25,26)22-14-15-7-3-1-4-8-15)11-12-19(18)23-20(24)16-9-5-2-6-10-16/h1-13,22H,14H2,(H,23,24). The lowest BCUT2D eigenvalue weighted by Crippen LogP contribution is -2.23. The molecule has 3 aromatic carbocycles. The first-order valence-electron chi connectivity index (χ1n) is 8.15. The minimum Gasteiger partial charge on any atom is -0.319 e. The van der Waals surface area contributed by atoms with Crippen molar-refractivity contribution in [3.05, 3.63) is 95.8 Å². The first-order chi connectivity index (χ1) is 13.0. The van der Waals surface area contributed by atoms with Crippen LogP contribution in [0.25, 0.3) is 0 Å². The monoisotopic (exact) mass is 384 g/mol. The van der Waals surface area contributed by atoms with E-state index in [1.807, 2.05) is 6.07 Å². The molecule has 7 heteroatoms. The van der Waals surface area contributed by atoms with E-state index in [1.165, 1.54) is 12.1 Å². The number of hydrogen-bond donors (Lipinski definition) is 2. The number of sulfonamides is 1. The van der Waals surface area contributed by atoms with Crippen LogP contribution >= 0.6 is 0 Å². The molecule has 0 atom stereocenters. The third kappa shape index (κ3) is 4.78. The third-order valence-corrected chi connectivity index (χ3v) is 5.24. The first-order valence-corrected chi connectivity index (χ1v) is 9.63. The van der Waals surface area contributed by atoms with Crippen molar-refractivity contribution in [2.75, 3.05) is 5.32 Å². The summed E-state index contributed by atoms with van der Waals surface area (Å²) < 4.78 is 41.4. The highest BCUT2D eigenvalue weighted by atomic mass is 32.2. The average molecular weight is 384 g/mol. The van der Waals surface area contributed by atoms with Gasteiger partial charge in [0.2, 0.25) is 10.0 Å². The van der Waals surface area contributed by atoms with Crippen molar-refractivity contribution >= 4 is 21.6 Å². The minimum atomic E-state index is -3.88. The zero-order valence-electron chi connectivity index (χ0n) is 14.2. The summed E-state index contributed by atoms with van der Waals surface area (Å²) in [5.41, 5.74) is 1.07. The van der Waals surface area contributed by atoms with E-state index < -0.39 is 21.7 Å². The van der Waals surface area contributed by atoms with E-state index in [1.54, 1.807) is 54.6 Å². The maximum absolute atomic E-state index is 14.3. The minimum absolute atomic E-state index is 0.0918. The van der Waals surface area contributed by atoms with Crippen LogP contribution in [0.15, 0.2) is 83.8 Å². The quantitative estimate of drug-likeness (QED) is 0.682. The van der Waals surface area contributed by atoms with Crippen LogP contribution in [0.5, 0.6) is 0 Å². The molecule has 0 unspecified atom stereocenters. The van der Waals surface area contributed by atoms with Gasteiger partial charge < -0.3 is 5.32 Å². The molecule has 2 N–H and O–H groups in total. The van der Waals surface area contributed by atoms with E-state index in [4.69, 9.17) is 0 Å². The van der Waals surface area contributed by atoms with Crippen LogP contribution in [0.2, 0.25) is 0 Å². The summed E-state index contributed by atoms with van der Waals surface area (Å²) in [4.78, 5) is 11.9. The van der Waals surface area contributed by atoms with Crippen LogP contribution in [0.3, 0.4) is 0 Å². The van der Waals surface area contributed by atoms with Crippen molar-refractivity contribution in [1.29, 1.82) is 0 Å². The summed E-state index contributed by atoms with van der Waals surface area (Å²) in [6, 6.07) is 20.7. The summed E-state index contributed by atoms with van der Waals surface area (Å²) in [7, 11) is -3.88. The molecular formula is C20H17FN2O3S. The van der Waals surface area contributed by atoms with Gasteiger partial charge in [0.25, 0.3) is 5.91 Å². The zero-order valence-corrected chi connectivity index (χ0v) is 15.0. The van der Waals surface area contributed by atoms with Crippen molar-refractivity contribution in [3.8, 4) is 0 Å². The Kier molecular flexibility index (Phi) is 5.63. The molecule has 0 aliphatic carbocycles. The first kappa shape index (κ1) is 18.8. The second-order valence-corrected chi connectivity index (χ2v) is 7.54. The summed E-state index contributed by atoms with van der Waals surface area (Å²) in [6.45, 7) is 0.0945. The number of nitrogens with one attached hydrogen (secondary N) is 2. The van der Waals surface area contributed by atoms with Crippen molar-refractivity contribution in [1.82, 2.24) is 4.72 Å². The molecule has 27 heavy (non-hydrogen) atoms. The highest BCUT2D eigenvalue weighted by Crippen LogP contribution is 2.20.